The average molecular weight is 525 g/mol. The highest BCUT2D eigenvalue weighted by molar-refractivity contribution is 7.45. The normalized spacial score (nSPS) is 13.1. The minimum absolute atomic E-state index is 0.0208. The van der Waals surface area contributed by atoms with Crippen LogP contribution in [0.2, 0.25) is 5.02 Å². The van der Waals surface area contributed by atoms with Crippen molar-refractivity contribution in [3.8, 4) is 0 Å². The van der Waals surface area contributed by atoms with Gasteiger partial charge in [0.1, 0.15) is 0 Å². The van der Waals surface area contributed by atoms with Gasteiger partial charge in [0.25, 0.3) is 5.91 Å². The van der Waals surface area contributed by atoms with E-state index in [1.165, 1.54) is 12.1 Å². The van der Waals surface area contributed by atoms with E-state index in [1.807, 2.05) is 5.32 Å². The molecule has 2 aromatic rings. The number of hydrogen-bond acceptors (Lipinski definition) is 4. The number of benzene rings is 2. The van der Waals surface area contributed by atoms with E-state index < -0.39 is 49.0 Å². The topological polar surface area (TPSA) is 153 Å². The summed E-state index contributed by atoms with van der Waals surface area (Å²) in [5.41, 5.74) is 1.24. The minimum atomic E-state index is -5.06. The molecular formula is C17H16ClF6N2O6P. The van der Waals surface area contributed by atoms with Gasteiger partial charge in [-0.15, -0.1) is 0 Å². The van der Waals surface area contributed by atoms with Gasteiger partial charge in [0.15, 0.2) is 0 Å². The minimum Gasteiger partial charge on any atom is -0.387 e. The summed E-state index contributed by atoms with van der Waals surface area (Å²) in [6.45, 7) is -0.274. The molecule has 0 aliphatic heterocycles. The molecule has 0 heterocycles. The fourth-order valence-electron chi connectivity index (χ4n) is 2.37. The molecule has 0 spiro atoms. The third-order valence-corrected chi connectivity index (χ3v) is 3.92. The van der Waals surface area contributed by atoms with Gasteiger partial charge < -0.3 is 30.8 Å². The van der Waals surface area contributed by atoms with Crippen LogP contribution in [0, 0.1) is 0 Å². The quantitative estimate of drug-likeness (QED) is 0.263. The second-order valence-corrected chi connectivity index (χ2v) is 7.71. The van der Waals surface area contributed by atoms with Gasteiger partial charge in [0.05, 0.1) is 17.2 Å². The van der Waals surface area contributed by atoms with Gasteiger partial charge in [-0.1, -0.05) is 17.7 Å². The molecule has 8 nitrogen and oxygen atoms in total. The number of carbonyl (C=O) groups is 1. The first kappa shape index (κ1) is 28.8. The Kier molecular flexibility index (Phi) is 9.46. The van der Waals surface area contributed by atoms with E-state index in [0.29, 0.717) is 12.1 Å². The summed E-state index contributed by atoms with van der Waals surface area (Å²) >= 11 is 5.79. The summed E-state index contributed by atoms with van der Waals surface area (Å²) < 4.78 is 86.4. The fraction of sp³-hybridized carbons (Fsp3) is 0.235. The number of nitrogens with one attached hydrogen (secondary N) is 1. The predicted molar refractivity (Wildman–Crippen MR) is 104 cm³/mol. The van der Waals surface area contributed by atoms with Crippen molar-refractivity contribution in [2.75, 3.05) is 11.9 Å². The Morgan fingerprint density at radius 3 is 1.85 bits per heavy atom. The van der Waals surface area contributed by atoms with Crippen molar-refractivity contribution >= 4 is 31.0 Å². The molecule has 1 amide bonds. The van der Waals surface area contributed by atoms with Crippen LogP contribution < -0.4 is 11.1 Å². The summed E-state index contributed by atoms with van der Waals surface area (Å²) in [6.07, 6.45) is -11.4. The molecule has 0 fully saturated rings. The Labute approximate surface area is 186 Å². The van der Waals surface area contributed by atoms with Crippen molar-refractivity contribution in [3.05, 3.63) is 63.7 Å². The Hall–Kier alpha value is -2.19. The van der Waals surface area contributed by atoms with Crippen molar-refractivity contribution in [3.63, 3.8) is 0 Å². The fourth-order valence-corrected chi connectivity index (χ4v) is 2.54. The van der Waals surface area contributed by atoms with Gasteiger partial charge in [-0.2, -0.15) is 26.3 Å². The van der Waals surface area contributed by atoms with E-state index >= 15 is 0 Å². The number of nitrogens with two attached hydrogens (primary N) is 1. The molecule has 0 bridgehead atoms. The Morgan fingerprint density at radius 1 is 1.00 bits per heavy atom. The maximum Gasteiger partial charge on any atom is 0.466 e. The number of rotatable bonds is 4. The highest BCUT2D eigenvalue weighted by Gasteiger charge is 2.37. The van der Waals surface area contributed by atoms with Crippen LogP contribution in [0.1, 0.15) is 33.2 Å². The number of hydrogen-bond donors (Lipinski definition) is 6. The van der Waals surface area contributed by atoms with Gasteiger partial charge in [-0.3, -0.25) is 4.79 Å². The number of phosphoric acid groups is 1. The Morgan fingerprint density at radius 2 is 1.45 bits per heavy atom. The monoisotopic (exact) mass is 524 g/mol. The molecule has 2 aromatic carbocycles. The van der Waals surface area contributed by atoms with Crippen molar-refractivity contribution in [2.24, 2.45) is 5.73 Å². The van der Waals surface area contributed by atoms with E-state index in [9.17, 15) is 36.2 Å². The molecule has 7 N–H and O–H groups in total. The predicted octanol–water partition coefficient (Wildman–Crippen LogP) is 3.69. The lowest BCUT2D eigenvalue weighted by Crippen LogP contribution is -2.20. The largest absolute Gasteiger partial charge is 0.466 e. The average Bonchev–Trinajstić information content (AvgIpc) is 2.64. The van der Waals surface area contributed by atoms with Gasteiger partial charge in [0.2, 0.25) is 0 Å². The highest BCUT2D eigenvalue weighted by Crippen LogP contribution is 2.37. The maximum atomic E-state index is 12.9. The Balaban J connectivity index is 0.000000981. The zero-order valence-electron chi connectivity index (χ0n) is 16.0. The summed E-state index contributed by atoms with van der Waals surface area (Å²) in [6, 6.07) is 4.43. The smallest absolute Gasteiger partial charge is 0.387 e. The molecule has 33 heavy (non-hydrogen) atoms. The van der Waals surface area contributed by atoms with E-state index in [2.05, 4.69) is 0 Å². The molecule has 16 heteroatoms. The first-order valence-electron chi connectivity index (χ1n) is 8.39. The zero-order valence-corrected chi connectivity index (χ0v) is 17.7. The lowest BCUT2D eigenvalue weighted by molar-refractivity contribution is -0.143. The standard InChI is InChI=1S/C17H13ClF6N2O2.H3O4P/c18-10-1-2-12(14(27)7-25)13(6-10)15(28)26-11-4-8(16(19,20)21)3-9(5-11)17(22,23)24;1-5(2,3)4/h1-6,14,27H,7,25H2,(H,26,28);(H3,1,2,3,4). The number of carbonyl (C=O) groups excluding carboxylic acids is 1. The number of anilines is 1. The van der Waals surface area contributed by atoms with Crippen LogP contribution in [0.15, 0.2) is 36.4 Å². The number of alkyl halides is 6. The third kappa shape index (κ3) is 9.68. The molecule has 0 aliphatic carbocycles. The van der Waals surface area contributed by atoms with Crippen LogP contribution in [-0.4, -0.2) is 32.2 Å². The van der Waals surface area contributed by atoms with Gasteiger partial charge in [-0.25, -0.2) is 4.57 Å². The van der Waals surface area contributed by atoms with E-state index in [1.54, 1.807) is 0 Å². The summed E-state index contributed by atoms with van der Waals surface area (Å²) in [5, 5.41) is 11.9. The Bertz CT molecular complexity index is 1000. The van der Waals surface area contributed by atoms with E-state index in [4.69, 9.17) is 36.6 Å². The summed E-state index contributed by atoms with van der Waals surface area (Å²) in [5.74, 6) is -1.06. The van der Waals surface area contributed by atoms with Crippen LogP contribution in [0.25, 0.3) is 0 Å². The molecule has 1 unspecified atom stereocenters. The first-order valence-corrected chi connectivity index (χ1v) is 10.3. The van der Waals surface area contributed by atoms with E-state index in [-0.39, 0.29) is 28.8 Å². The number of aliphatic hydroxyl groups is 1. The van der Waals surface area contributed by atoms with Crippen LogP contribution in [-0.2, 0) is 16.9 Å². The maximum absolute atomic E-state index is 12.9. The number of amides is 1. The molecule has 0 saturated carbocycles. The van der Waals surface area contributed by atoms with Crippen molar-refractivity contribution in [2.45, 2.75) is 18.5 Å². The molecular weight excluding hydrogens is 509 g/mol. The molecule has 0 saturated heterocycles. The molecule has 0 aliphatic rings. The number of halogens is 7. The molecule has 184 valence electrons. The van der Waals surface area contributed by atoms with Gasteiger partial charge >= 0.3 is 20.2 Å². The van der Waals surface area contributed by atoms with Gasteiger partial charge in [-0.05, 0) is 35.9 Å². The van der Waals surface area contributed by atoms with Gasteiger partial charge in [0, 0.05) is 22.8 Å². The van der Waals surface area contributed by atoms with E-state index in [0.717, 1.165) is 6.07 Å². The molecule has 1 atom stereocenters. The number of aliphatic hydroxyl groups excluding tert-OH is 1. The summed E-state index contributed by atoms with van der Waals surface area (Å²) in [4.78, 5) is 34.0. The first-order chi connectivity index (χ1) is 14.8. The lowest BCUT2D eigenvalue weighted by atomic mass is 10.0. The zero-order chi connectivity index (χ0) is 25.8. The second-order valence-electron chi connectivity index (χ2n) is 6.25. The van der Waals surface area contributed by atoms with Crippen molar-refractivity contribution in [1.82, 2.24) is 0 Å². The molecule has 0 radical (unpaired) electrons. The lowest BCUT2D eigenvalue weighted by Gasteiger charge is -2.17. The van der Waals surface area contributed by atoms with Crippen molar-refractivity contribution in [1.29, 1.82) is 0 Å². The van der Waals surface area contributed by atoms with Crippen LogP contribution in [0.3, 0.4) is 0 Å². The highest BCUT2D eigenvalue weighted by atomic mass is 35.5. The second kappa shape index (κ2) is 10.8. The van der Waals surface area contributed by atoms with Crippen molar-refractivity contribution < 1.29 is 55.5 Å². The summed E-state index contributed by atoms with van der Waals surface area (Å²) in [7, 11) is -4.64. The third-order valence-electron chi connectivity index (χ3n) is 3.69. The van der Waals surface area contributed by atoms with Crippen LogP contribution >= 0.6 is 19.4 Å². The van der Waals surface area contributed by atoms with Crippen LogP contribution in [0.4, 0.5) is 32.0 Å². The SMILES string of the molecule is NCC(O)c1ccc(Cl)cc1C(=O)Nc1cc(C(F)(F)F)cc(C(F)(F)F)c1.O=P(O)(O)O. The molecule has 0 aromatic heterocycles. The van der Waals surface area contributed by atoms with Crippen LogP contribution in [0.5, 0.6) is 0 Å². The molecule has 2 rings (SSSR count).